The van der Waals surface area contributed by atoms with Gasteiger partial charge in [-0.05, 0) is 49.9 Å². The first-order valence-electron chi connectivity index (χ1n) is 7.29. The summed E-state index contributed by atoms with van der Waals surface area (Å²) in [6.07, 6.45) is 1.45. The molecule has 2 N–H and O–H groups in total. The van der Waals surface area contributed by atoms with Gasteiger partial charge < -0.3 is 15.4 Å². The van der Waals surface area contributed by atoms with Crippen LogP contribution in [0.1, 0.15) is 24.0 Å². The van der Waals surface area contributed by atoms with Gasteiger partial charge >= 0.3 is 0 Å². The maximum atomic E-state index is 11.9. The van der Waals surface area contributed by atoms with Crippen molar-refractivity contribution in [3.63, 3.8) is 0 Å². The summed E-state index contributed by atoms with van der Waals surface area (Å²) in [5.74, 6) is -0.305. The van der Waals surface area contributed by atoms with Crippen LogP contribution in [0.25, 0.3) is 0 Å². The van der Waals surface area contributed by atoms with Crippen LogP contribution in [0.4, 0.5) is 5.69 Å². The molecule has 114 valence electrons. The van der Waals surface area contributed by atoms with Gasteiger partial charge in [-0.2, -0.15) is 0 Å². The van der Waals surface area contributed by atoms with Gasteiger partial charge in [0.15, 0.2) is 0 Å². The molecule has 0 spiro atoms. The zero-order chi connectivity index (χ0) is 15.2. The highest BCUT2D eigenvalue weighted by atomic mass is 16.5. The van der Waals surface area contributed by atoms with Crippen LogP contribution in [0.2, 0.25) is 0 Å². The monoisotopic (exact) mass is 290 g/mol. The number of aryl methyl sites for hydroxylation is 2. The van der Waals surface area contributed by atoms with E-state index in [1.807, 2.05) is 32.0 Å². The molecule has 5 nitrogen and oxygen atoms in total. The van der Waals surface area contributed by atoms with Crippen LogP contribution in [0.15, 0.2) is 18.2 Å². The van der Waals surface area contributed by atoms with Crippen molar-refractivity contribution in [1.29, 1.82) is 0 Å². The summed E-state index contributed by atoms with van der Waals surface area (Å²) in [6.45, 7) is 5.26. The van der Waals surface area contributed by atoms with Crippen molar-refractivity contribution in [3.05, 3.63) is 29.3 Å². The number of benzene rings is 1. The van der Waals surface area contributed by atoms with E-state index in [0.29, 0.717) is 13.2 Å². The molecule has 1 aliphatic rings. The number of rotatable bonds is 4. The zero-order valence-electron chi connectivity index (χ0n) is 12.6. The molecule has 0 radical (unpaired) electrons. The summed E-state index contributed by atoms with van der Waals surface area (Å²) >= 11 is 0. The number of hydrogen-bond donors (Lipinski definition) is 2. The van der Waals surface area contributed by atoms with Crippen LogP contribution in [0, 0.1) is 19.8 Å². The summed E-state index contributed by atoms with van der Waals surface area (Å²) in [4.78, 5) is 23.8. The second-order valence-corrected chi connectivity index (χ2v) is 5.45. The average molecular weight is 290 g/mol. The first kappa shape index (κ1) is 15.5. The lowest BCUT2D eigenvalue weighted by Crippen LogP contribution is -2.38. The second kappa shape index (κ2) is 7.22. The largest absolute Gasteiger partial charge is 0.381 e. The fraction of sp³-hybridized carbons (Fsp3) is 0.500. The minimum Gasteiger partial charge on any atom is -0.381 e. The van der Waals surface area contributed by atoms with E-state index in [2.05, 4.69) is 10.6 Å². The van der Waals surface area contributed by atoms with Gasteiger partial charge in [-0.25, -0.2) is 0 Å². The standard InChI is InChI=1S/C16H22N2O3/c1-11-3-4-14(9-12(11)2)18-15(19)10-17-16(20)13-5-7-21-8-6-13/h3-4,9,13H,5-8,10H2,1-2H3,(H,17,20)(H,18,19). The highest BCUT2D eigenvalue weighted by Crippen LogP contribution is 2.15. The van der Waals surface area contributed by atoms with Crippen LogP contribution in [-0.2, 0) is 14.3 Å². The van der Waals surface area contributed by atoms with Gasteiger partial charge in [0, 0.05) is 24.8 Å². The van der Waals surface area contributed by atoms with E-state index in [1.165, 1.54) is 5.56 Å². The Labute approximate surface area is 125 Å². The highest BCUT2D eigenvalue weighted by molar-refractivity contribution is 5.94. The van der Waals surface area contributed by atoms with E-state index in [0.717, 1.165) is 24.1 Å². The fourth-order valence-electron chi connectivity index (χ4n) is 2.30. The molecule has 1 aromatic carbocycles. The van der Waals surface area contributed by atoms with Gasteiger partial charge in [-0.1, -0.05) is 6.07 Å². The predicted octanol–water partition coefficient (Wildman–Crippen LogP) is 1.78. The van der Waals surface area contributed by atoms with Crippen molar-refractivity contribution in [2.75, 3.05) is 25.1 Å². The SMILES string of the molecule is Cc1ccc(NC(=O)CNC(=O)C2CCOCC2)cc1C. The van der Waals surface area contributed by atoms with E-state index in [4.69, 9.17) is 4.74 Å². The third-order valence-corrected chi connectivity index (χ3v) is 3.81. The molecule has 5 heteroatoms. The molecule has 0 atom stereocenters. The van der Waals surface area contributed by atoms with Crippen LogP contribution in [0.3, 0.4) is 0 Å². The maximum Gasteiger partial charge on any atom is 0.243 e. The molecule has 1 fully saturated rings. The first-order valence-corrected chi connectivity index (χ1v) is 7.29. The van der Waals surface area contributed by atoms with Crippen molar-refractivity contribution in [2.45, 2.75) is 26.7 Å². The van der Waals surface area contributed by atoms with Gasteiger partial charge in [0.05, 0.1) is 6.54 Å². The molecule has 0 aromatic heterocycles. The molecule has 1 heterocycles. The molecule has 0 bridgehead atoms. The van der Waals surface area contributed by atoms with E-state index < -0.39 is 0 Å². The molecule has 0 aliphatic carbocycles. The number of amides is 2. The van der Waals surface area contributed by atoms with Crippen molar-refractivity contribution < 1.29 is 14.3 Å². The molecule has 1 saturated heterocycles. The van der Waals surface area contributed by atoms with Gasteiger partial charge in [-0.3, -0.25) is 9.59 Å². The fourth-order valence-corrected chi connectivity index (χ4v) is 2.30. The number of carbonyl (C=O) groups is 2. The Balaban J connectivity index is 1.78. The van der Waals surface area contributed by atoms with E-state index >= 15 is 0 Å². The Morgan fingerprint density at radius 1 is 1.19 bits per heavy atom. The molecule has 21 heavy (non-hydrogen) atoms. The topological polar surface area (TPSA) is 67.4 Å². The Hall–Kier alpha value is -1.88. The molecule has 2 amide bonds. The highest BCUT2D eigenvalue weighted by Gasteiger charge is 2.21. The predicted molar refractivity (Wildman–Crippen MR) is 81.1 cm³/mol. The average Bonchev–Trinajstić information content (AvgIpc) is 2.49. The lowest BCUT2D eigenvalue weighted by molar-refractivity contribution is -0.129. The van der Waals surface area contributed by atoms with Gasteiger partial charge in [0.25, 0.3) is 0 Å². The van der Waals surface area contributed by atoms with Gasteiger partial charge in [-0.15, -0.1) is 0 Å². The summed E-state index contributed by atoms with van der Waals surface area (Å²) in [7, 11) is 0. The summed E-state index contributed by atoms with van der Waals surface area (Å²) < 4.78 is 5.22. The minimum atomic E-state index is -0.210. The van der Waals surface area contributed by atoms with Gasteiger partial charge in [0.1, 0.15) is 0 Å². The Bertz CT molecular complexity index is 522. The molecular formula is C16H22N2O3. The van der Waals surface area contributed by atoms with Crippen LogP contribution in [-0.4, -0.2) is 31.6 Å². The maximum absolute atomic E-state index is 11.9. The van der Waals surface area contributed by atoms with Crippen LogP contribution in [0.5, 0.6) is 0 Å². The zero-order valence-corrected chi connectivity index (χ0v) is 12.6. The van der Waals surface area contributed by atoms with E-state index in [9.17, 15) is 9.59 Å². The van der Waals surface area contributed by atoms with Crippen molar-refractivity contribution >= 4 is 17.5 Å². The third-order valence-electron chi connectivity index (χ3n) is 3.81. The quantitative estimate of drug-likeness (QED) is 0.888. The molecule has 1 aliphatic heterocycles. The van der Waals surface area contributed by atoms with Crippen molar-refractivity contribution in [1.82, 2.24) is 5.32 Å². The van der Waals surface area contributed by atoms with Crippen LogP contribution < -0.4 is 10.6 Å². The Morgan fingerprint density at radius 2 is 1.90 bits per heavy atom. The van der Waals surface area contributed by atoms with E-state index in [1.54, 1.807) is 0 Å². The van der Waals surface area contributed by atoms with Crippen LogP contribution >= 0.6 is 0 Å². The number of nitrogens with one attached hydrogen (secondary N) is 2. The lowest BCUT2D eigenvalue weighted by Gasteiger charge is -2.21. The molecule has 0 saturated carbocycles. The molecular weight excluding hydrogens is 268 g/mol. The number of hydrogen-bond acceptors (Lipinski definition) is 3. The van der Waals surface area contributed by atoms with Gasteiger partial charge in [0.2, 0.25) is 11.8 Å². The Morgan fingerprint density at radius 3 is 2.57 bits per heavy atom. The van der Waals surface area contributed by atoms with Crippen molar-refractivity contribution in [3.8, 4) is 0 Å². The molecule has 1 aromatic rings. The smallest absolute Gasteiger partial charge is 0.243 e. The second-order valence-electron chi connectivity index (χ2n) is 5.45. The summed E-state index contributed by atoms with van der Waals surface area (Å²) in [5, 5.41) is 5.48. The van der Waals surface area contributed by atoms with Crippen molar-refractivity contribution in [2.24, 2.45) is 5.92 Å². The summed E-state index contributed by atoms with van der Waals surface area (Å²) in [5.41, 5.74) is 3.06. The first-order chi connectivity index (χ1) is 10.1. The number of anilines is 1. The normalized spacial score (nSPS) is 15.5. The third kappa shape index (κ3) is 4.56. The number of carbonyl (C=O) groups excluding carboxylic acids is 2. The Kier molecular flexibility index (Phi) is 5.33. The molecule has 0 unspecified atom stereocenters. The minimum absolute atomic E-state index is 0.00309. The lowest BCUT2D eigenvalue weighted by atomic mass is 9.99. The summed E-state index contributed by atoms with van der Waals surface area (Å²) in [6, 6.07) is 5.75. The molecule has 2 rings (SSSR count). The van der Waals surface area contributed by atoms with E-state index in [-0.39, 0.29) is 24.3 Å². The number of ether oxygens (including phenoxy) is 1.